The van der Waals surface area contributed by atoms with Crippen LogP contribution >= 0.6 is 59.3 Å². The van der Waals surface area contributed by atoms with Gasteiger partial charge in [0, 0.05) is 25.2 Å². The first-order chi connectivity index (χ1) is 37.9. The van der Waals surface area contributed by atoms with Gasteiger partial charge in [-0.25, -0.2) is 37.0 Å². The van der Waals surface area contributed by atoms with Gasteiger partial charge in [0.15, 0.2) is 13.2 Å². The Morgan fingerprint density at radius 3 is 1.42 bits per heavy atom. The van der Waals surface area contributed by atoms with Crippen LogP contribution in [0.5, 0.6) is 0 Å². The minimum Gasteiger partial charge on any atom is -0.452 e. The number of unbranched alkanes of at least 4 members (excludes halogenated alkanes) is 3. The van der Waals surface area contributed by atoms with Gasteiger partial charge in [0.05, 0.1) is 42.5 Å². The van der Waals surface area contributed by atoms with E-state index in [9.17, 15) is 76.4 Å². The lowest BCUT2D eigenvalue weighted by molar-refractivity contribution is -0.146. The lowest BCUT2D eigenvalue weighted by Crippen LogP contribution is -2.32. The highest BCUT2D eigenvalue weighted by molar-refractivity contribution is 7.67. The Hall–Kier alpha value is -3.71. The number of nitrogens with two attached hydrogens (primary N) is 4. The molecule has 488 valence electrons. The number of hydrogen-bond acceptors (Lipinski definition) is 28. The largest absolute Gasteiger partial charge is 0.490 e. The molecule has 2 saturated heterocycles. The van der Waals surface area contributed by atoms with Gasteiger partial charge in [0.1, 0.15) is 42.3 Å². The number of aliphatic hydroxyl groups excluding tert-OH is 2. The van der Waals surface area contributed by atoms with Crippen molar-refractivity contribution >= 4 is 82.9 Å². The summed E-state index contributed by atoms with van der Waals surface area (Å²) in [4.78, 5) is 128. The van der Waals surface area contributed by atoms with Crippen LogP contribution in [0.25, 0.3) is 0 Å². The van der Waals surface area contributed by atoms with Crippen molar-refractivity contribution in [2.24, 2.45) is 17.4 Å². The third-order valence-electron chi connectivity index (χ3n) is 10.6. The summed E-state index contributed by atoms with van der Waals surface area (Å²) in [6.45, 7) is 1.84. The lowest BCUT2D eigenvalue weighted by Gasteiger charge is -2.19. The van der Waals surface area contributed by atoms with Gasteiger partial charge in [-0.15, -0.1) is 12.4 Å². The quantitative estimate of drug-likeness (QED) is 0.0242. The Bertz CT molecular complexity index is 2890. The van der Waals surface area contributed by atoms with Gasteiger partial charge in [-0.2, -0.15) is 27.2 Å². The maximum absolute atomic E-state index is 12.4. The van der Waals surface area contributed by atoms with E-state index >= 15 is 0 Å². The molecule has 2 fully saturated rings. The second-order valence-corrected chi connectivity index (χ2v) is 26.0. The maximum atomic E-state index is 12.4. The van der Waals surface area contributed by atoms with Gasteiger partial charge in [0.2, 0.25) is 0 Å². The van der Waals surface area contributed by atoms with Crippen LogP contribution in [0.15, 0.2) is 22.0 Å². The fourth-order valence-corrected chi connectivity index (χ4v) is 12.8. The second kappa shape index (κ2) is 36.1. The van der Waals surface area contributed by atoms with E-state index in [-0.39, 0.29) is 82.0 Å². The number of phosphoric ester groups is 2. The number of halogens is 1. The van der Waals surface area contributed by atoms with Gasteiger partial charge in [-0.3, -0.25) is 27.8 Å². The van der Waals surface area contributed by atoms with Crippen LogP contribution < -0.4 is 34.3 Å². The molecule has 2 aromatic rings. The van der Waals surface area contributed by atoms with Crippen molar-refractivity contribution in [1.29, 1.82) is 0 Å². The number of ether oxygens (including phenoxy) is 4. The van der Waals surface area contributed by atoms with Gasteiger partial charge in [-0.05, 0) is 25.8 Å². The van der Waals surface area contributed by atoms with Crippen LogP contribution in [0, 0.1) is 29.6 Å². The summed E-state index contributed by atoms with van der Waals surface area (Å²) in [7, 11) is -33.5. The Kier molecular flexibility index (Phi) is 34.5. The summed E-state index contributed by atoms with van der Waals surface area (Å²) < 4.78 is 114. The molecule has 38 nitrogen and oxygen atoms in total. The molecule has 0 aromatic carbocycles. The van der Waals surface area contributed by atoms with Crippen LogP contribution in [0.2, 0.25) is 0 Å². The minimum absolute atomic E-state index is 0. The van der Waals surface area contributed by atoms with Crippen molar-refractivity contribution in [3.63, 3.8) is 0 Å². The fraction of sp³-hybridized carbons (Fsp3) is 0.650. The van der Waals surface area contributed by atoms with Crippen LogP contribution in [0.4, 0.5) is 11.6 Å². The fourth-order valence-electron chi connectivity index (χ4n) is 6.75. The molecule has 4 heterocycles. The zero-order chi connectivity index (χ0) is 62.0. The number of rotatable bonds is 28. The topological polar surface area (TPSA) is 605 Å². The van der Waals surface area contributed by atoms with Crippen LogP contribution in [0.3, 0.4) is 0 Å². The SMILES string of the molecule is C.C.CCCCCC(C)C(=O)OCC#Cc1cn([C@H]2C[C@@H](O)[C@@H](COP(=O)(O)OP(=O)(O)OP(=O)(O)O)O2)c(=O)nc1N.Cl.NCCCCC(N)C(=O)OCC#Cc1cn([C@H]2C[C@@H](O)[C@@H](COP(=O)(O)OP(=O)(O)OP(=O)(O)O)O2)c(=O)nc1N. The van der Waals surface area contributed by atoms with Gasteiger partial charge in [-0.1, -0.05) is 78.1 Å². The molecule has 6 unspecified atom stereocenters. The third kappa shape index (κ3) is 29.9. The normalized spacial score (nSPS) is 21.9. The number of aromatic nitrogens is 4. The first-order valence-corrected chi connectivity index (χ1v) is 32.7. The number of esters is 2. The Morgan fingerprint density at radius 2 is 1.05 bits per heavy atom. The van der Waals surface area contributed by atoms with Crippen molar-refractivity contribution in [2.45, 2.75) is 129 Å². The molecule has 45 heteroatoms. The summed E-state index contributed by atoms with van der Waals surface area (Å²) >= 11 is 0. The highest BCUT2D eigenvalue weighted by atomic mass is 35.5. The average Bonchev–Trinajstić information content (AvgIpc) is 2.38. The van der Waals surface area contributed by atoms with Crippen molar-refractivity contribution in [1.82, 2.24) is 19.1 Å². The van der Waals surface area contributed by atoms with Crippen molar-refractivity contribution < 1.29 is 132 Å². The third-order valence-corrected chi connectivity index (χ3v) is 18.2. The zero-order valence-electron chi connectivity index (χ0n) is 43.5. The molecule has 0 radical (unpaired) electrons. The predicted octanol–water partition coefficient (Wildman–Crippen LogP) is 0.791. The number of phosphoric acid groups is 6. The molecule has 2 aliphatic rings. The zero-order valence-corrected chi connectivity index (χ0v) is 49.7. The lowest BCUT2D eigenvalue weighted by atomic mass is 10.0. The van der Waals surface area contributed by atoms with Crippen LogP contribution in [0.1, 0.15) is 110 Å². The molecule has 18 N–H and O–H groups in total. The summed E-state index contributed by atoms with van der Waals surface area (Å²) in [6.07, 6.45) is -0.713. The summed E-state index contributed by atoms with van der Waals surface area (Å²) in [5, 5.41) is 20.5. The minimum atomic E-state index is -5.74. The summed E-state index contributed by atoms with van der Waals surface area (Å²) in [6, 6.07) is -0.840. The summed E-state index contributed by atoms with van der Waals surface area (Å²) in [5.74, 6) is 8.52. The molecule has 0 saturated carbocycles. The molecular weight excluding hydrogens is 1290 g/mol. The number of aliphatic hydroxyl groups is 2. The highest BCUT2D eigenvalue weighted by Crippen LogP contribution is 2.67. The van der Waals surface area contributed by atoms with Gasteiger partial charge >= 0.3 is 70.3 Å². The number of anilines is 2. The Morgan fingerprint density at radius 1 is 0.659 bits per heavy atom. The molecule has 2 aliphatic heterocycles. The Balaban J connectivity index is 0.00000160. The number of carbonyl (C=O) groups excluding carboxylic acids is 2. The van der Waals surface area contributed by atoms with E-state index in [0.717, 1.165) is 34.6 Å². The molecular formula is C40H71ClN8O30P6. The van der Waals surface area contributed by atoms with Crippen LogP contribution in [-0.4, -0.2) is 144 Å². The predicted molar refractivity (Wildman–Crippen MR) is 295 cm³/mol. The molecule has 0 spiro atoms. The van der Waals surface area contributed by atoms with Crippen molar-refractivity contribution in [3.8, 4) is 23.7 Å². The average molecular weight is 1370 g/mol. The van der Waals surface area contributed by atoms with Crippen LogP contribution in [-0.2, 0) is 82.2 Å². The standard InChI is InChI=1S/C20H32N3O15P3.C18H30N5O15P3.2CH4.ClH/c1-3-4-5-7-13(2)19(25)34-9-6-8-14-11-23(20(26)22-18(14)21)17-10-15(24)16(36-17)12-35-40(30,31)38-41(32,33)37-39(27,28)29;19-6-2-1-5-12(20)17(25)34-7-3-4-11-9-23(18(26)22-16(11)21)15-8-13(24)14(36-15)10-35-40(30,31)38-41(32,33)37-39(27,28)29;;;/h11,13,15-17,24H,3-5,7,9-10,12H2,1-2H3,(H,30,31)(H,32,33)(H2,21,22,26)(H2,27,28,29);9,12-15,24H,1-2,5-8,10,19-20H2,(H,30,31)(H,32,33)(H2,21,22,26)(H2,27,28,29);2*1H4;1H/t13?,15-,16-,17-;12?,13-,14-,15-;;;/m11.../s1. The monoisotopic (exact) mass is 1360 g/mol. The van der Waals surface area contributed by atoms with E-state index in [2.05, 4.69) is 66.9 Å². The Labute approximate surface area is 491 Å². The van der Waals surface area contributed by atoms with Crippen molar-refractivity contribution in [2.75, 3.05) is 44.4 Å². The van der Waals surface area contributed by atoms with E-state index in [1.807, 2.05) is 0 Å². The van der Waals surface area contributed by atoms with E-state index in [0.29, 0.717) is 32.2 Å². The molecule has 12 atom stereocenters. The first kappa shape index (κ1) is 81.3. The van der Waals surface area contributed by atoms with E-state index < -0.39 is 126 Å². The summed E-state index contributed by atoms with van der Waals surface area (Å²) in [5.41, 5.74) is 20.9. The highest BCUT2D eigenvalue weighted by Gasteiger charge is 2.45. The van der Waals surface area contributed by atoms with Crippen molar-refractivity contribution in [3.05, 3.63) is 44.5 Å². The number of nitrogens with zero attached hydrogens (tertiary/aromatic N) is 4. The molecule has 85 heavy (non-hydrogen) atoms. The van der Waals surface area contributed by atoms with Gasteiger partial charge < -0.3 is 91.2 Å². The number of carbonyl (C=O) groups is 2. The van der Waals surface area contributed by atoms with E-state index in [1.54, 1.807) is 6.92 Å². The van der Waals surface area contributed by atoms with E-state index in [1.165, 1.54) is 6.20 Å². The molecule has 0 amide bonds. The molecule has 4 rings (SSSR count). The van der Waals surface area contributed by atoms with E-state index in [4.69, 9.17) is 61.5 Å². The maximum Gasteiger partial charge on any atom is 0.490 e. The first-order valence-electron chi connectivity index (χ1n) is 23.6. The molecule has 2 aromatic heterocycles. The molecule has 0 aliphatic carbocycles. The number of hydrogen-bond donors (Lipinski definition) is 14. The number of nitrogen functional groups attached to an aromatic ring is 2. The molecule has 0 bridgehead atoms. The second-order valence-electron chi connectivity index (χ2n) is 17.2. The van der Waals surface area contributed by atoms with Gasteiger partial charge in [0.25, 0.3) is 0 Å². The smallest absolute Gasteiger partial charge is 0.452 e.